The molecule has 1 aliphatic heterocycles. The minimum atomic E-state index is 0.00519. The molecule has 0 amide bonds. The van der Waals surface area contributed by atoms with Crippen molar-refractivity contribution in [2.24, 2.45) is 0 Å². The van der Waals surface area contributed by atoms with Crippen LogP contribution in [-0.2, 0) is 11.3 Å². The summed E-state index contributed by atoms with van der Waals surface area (Å²) in [6.07, 6.45) is 2.14. The molecule has 1 aliphatic rings. The van der Waals surface area contributed by atoms with E-state index in [-0.39, 0.29) is 6.61 Å². The Morgan fingerprint density at radius 3 is 2.81 bits per heavy atom. The van der Waals surface area contributed by atoms with Crippen molar-refractivity contribution in [3.05, 3.63) is 28.8 Å². The third-order valence-electron chi connectivity index (χ3n) is 2.70. The predicted molar refractivity (Wildman–Crippen MR) is 67.1 cm³/mol. The van der Waals surface area contributed by atoms with E-state index in [9.17, 15) is 5.11 Å². The third-order valence-corrected chi connectivity index (χ3v) is 4.49. The highest BCUT2D eigenvalue weighted by Gasteiger charge is 2.17. The van der Waals surface area contributed by atoms with Gasteiger partial charge in [0.05, 0.1) is 6.61 Å². The average molecular weight is 259 g/mol. The maximum absolute atomic E-state index is 9.31. The Labute approximate surface area is 105 Å². The van der Waals surface area contributed by atoms with Crippen LogP contribution < -0.4 is 0 Å². The van der Waals surface area contributed by atoms with Crippen molar-refractivity contribution in [3.63, 3.8) is 0 Å². The van der Waals surface area contributed by atoms with Gasteiger partial charge in [-0.05, 0) is 25.0 Å². The van der Waals surface area contributed by atoms with E-state index in [0.29, 0.717) is 10.3 Å². The molecule has 0 unspecified atom stereocenters. The average Bonchev–Trinajstić information content (AvgIpc) is 2.31. The monoisotopic (exact) mass is 258 g/mol. The van der Waals surface area contributed by atoms with E-state index in [2.05, 4.69) is 0 Å². The summed E-state index contributed by atoms with van der Waals surface area (Å²) < 4.78 is 5.33. The van der Waals surface area contributed by atoms with Gasteiger partial charge in [0.2, 0.25) is 0 Å². The van der Waals surface area contributed by atoms with Gasteiger partial charge < -0.3 is 9.84 Å². The molecular weight excluding hydrogens is 244 g/mol. The Morgan fingerprint density at radius 1 is 1.38 bits per heavy atom. The number of hydrogen-bond donors (Lipinski definition) is 1. The van der Waals surface area contributed by atoms with Crippen molar-refractivity contribution in [1.29, 1.82) is 0 Å². The lowest BCUT2D eigenvalue weighted by atomic mass is 10.2. The second kappa shape index (κ2) is 5.92. The van der Waals surface area contributed by atoms with Crippen LogP contribution in [0.5, 0.6) is 0 Å². The highest BCUT2D eigenvalue weighted by atomic mass is 35.5. The zero-order valence-electron chi connectivity index (χ0n) is 8.99. The van der Waals surface area contributed by atoms with E-state index >= 15 is 0 Å². The lowest BCUT2D eigenvalue weighted by molar-refractivity contribution is 0.1000. The molecule has 0 spiro atoms. The van der Waals surface area contributed by atoms with Gasteiger partial charge in [0, 0.05) is 33.9 Å². The summed E-state index contributed by atoms with van der Waals surface area (Å²) in [6, 6.07) is 5.78. The Bertz CT molecular complexity index is 351. The molecule has 4 heteroatoms. The molecule has 0 aliphatic carbocycles. The minimum absolute atomic E-state index is 0.00519. The van der Waals surface area contributed by atoms with Crippen LogP contribution in [0.1, 0.15) is 18.4 Å². The zero-order valence-corrected chi connectivity index (χ0v) is 10.6. The summed E-state index contributed by atoms with van der Waals surface area (Å²) in [5.74, 6) is 0. The van der Waals surface area contributed by atoms with E-state index < -0.39 is 0 Å². The fourth-order valence-electron chi connectivity index (χ4n) is 1.78. The number of thioether (sulfide) groups is 1. The first-order valence-corrected chi connectivity index (χ1v) is 6.69. The highest BCUT2D eigenvalue weighted by molar-refractivity contribution is 8.00. The van der Waals surface area contributed by atoms with Gasteiger partial charge in [-0.15, -0.1) is 11.8 Å². The number of benzene rings is 1. The standard InChI is InChI=1S/C12H15ClO2S/c13-11-2-1-3-12(10(11)8-14)16-9-4-6-15-7-5-9/h1-3,9,14H,4-8H2. The number of aliphatic hydroxyl groups is 1. The summed E-state index contributed by atoms with van der Waals surface area (Å²) in [4.78, 5) is 1.10. The first-order valence-electron chi connectivity index (χ1n) is 5.44. The molecule has 88 valence electrons. The lowest BCUT2D eigenvalue weighted by Crippen LogP contribution is -2.17. The lowest BCUT2D eigenvalue weighted by Gasteiger charge is -2.22. The van der Waals surface area contributed by atoms with Crippen molar-refractivity contribution >= 4 is 23.4 Å². The predicted octanol–water partition coefficient (Wildman–Crippen LogP) is 3.10. The molecule has 0 radical (unpaired) electrons. The Balaban J connectivity index is 2.10. The second-order valence-corrected chi connectivity index (χ2v) is 5.55. The smallest absolute Gasteiger partial charge is 0.0707 e. The quantitative estimate of drug-likeness (QED) is 0.904. The summed E-state index contributed by atoms with van der Waals surface area (Å²) in [5, 5.41) is 10.5. The summed E-state index contributed by atoms with van der Waals surface area (Å²) in [6.45, 7) is 1.69. The van der Waals surface area contributed by atoms with Gasteiger partial charge in [0.1, 0.15) is 0 Å². The maximum atomic E-state index is 9.31. The highest BCUT2D eigenvalue weighted by Crippen LogP contribution is 2.34. The summed E-state index contributed by atoms with van der Waals surface area (Å²) in [7, 11) is 0. The van der Waals surface area contributed by atoms with E-state index in [1.807, 2.05) is 18.2 Å². The van der Waals surface area contributed by atoms with Gasteiger partial charge in [-0.2, -0.15) is 0 Å². The van der Waals surface area contributed by atoms with Gasteiger partial charge in [-0.1, -0.05) is 17.7 Å². The van der Waals surface area contributed by atoms with Crippen LogP contribution in [0.15, 0.2) is 23.1 Å². The molecule has 0 bridgehead atoms. The molecule has 1 N–H and O–H groups in total. The topological polar surface area (TPSA) is 29.5 Å². The minimum Gasteiger partial charge on any atom is -0.392 e. The van der Waals surface area contributed by atoms with Crippen LogP contribution in [0.3, 0.4) is 0 Å². The van der Waals surface area contributed by atoms with Gasteiger partial charge in [0.15, 0.2) is 0 Å². The first kappa shape index (κ1) is 12.2. The van der Waals surface area contributed by atoms with Crippen molar-refractivity contribution < 1.29 is 9.84 Å². The number of aliphatic hydroxyl groups excluding tert-OH is 1. The molecule has 0 atom stereocenters. The van der Waals surface area contributed by atoms with Crippen molar-refractivity contribution in [2.45, 2.75) is 29.6 Å². The van der Waals surface area contributed by atoms with Crippen LogP contribution in [0, 0.1) is 0 Å². The van der Waals surface area contributed by atoms with E-state index in [4.69, 9.17) is 16.3 Å². The van der Waals surface area contributed by atoms with Gasteiger partial charge in [-0.3, -0.25) is 0 Å². The third kappa shape index (κ3) is 2.92. The van der Waals surface area contributed by atoms with E-state index in [1.54, 1.807) is 11.8 Å². The van der Waals surface area contributed by atoms with Gasteiger partial charge in [0.25, 0.3) is 0 Å². The Hall–Kier alpha value is -0.220. The molecule has 1 aromatic rings. The number of rotatable bonds is 3. The molecule has 16 heavy (non-hydrogen) atoms. The van der Waals surface area contributed by atoms with Crippen molar-refractivity contribution in [3.8, 4) is 0 Å². The summed E-state index contributed by atoms with van der Waals surface area (Å²) >= 11 is 7.85. The molecule has 1 fully saturated rings. The Kier molecular flexibility index (Phi) is 4.53. The molecule has 1 heterocycles. The fourth-order valence-corrected chi connectivity index (χ4v) is 3.33. The maximum Gasteiger partial charge on any atom is 0.0707 e. The van der Waals surface area contributed by atoms with Crippen LogP contribution in [-0.4, -0.2) is 23.6 Å². The van der Waals surface area contributed by atoms with Gasteiger partial charge in [-0.25, -0.2) is 0 Å². The molecule has 2 rings (SSSR count). The molecule has 0 saturated carbocycles. The number of hydrogen-bond acceptors (Lipinski definition) is 3. The normalized spacial score (nSPS) is 17.6. The van der Waals surface area contributed by atoms with Crippen molar-refractivity contribution in [2.75, 3.05) is 13.2 Å². The number of ether oxygens (including phenoxy) is 1. The van der Waals surface area contributed by atoms with E-state index in [1.165, 1.54) is 0 Å². The SMILES string of the molecule is OCc1c(Cl)cccc1SC1CCOCC1. The Morgan fingerprint density at radius 2 is 2.12 bits per heavy atom. The largest absolute Gasteiger partial charge is 0.392 e. The summed E-state index contributed by atoms with van der Waals surface area (Å²) in [5.41, 5.74) is 0.848. The van der Waals surface area contributed by atoms with Crippen LogP contribution in [0.4, 0.5) is 0 Å². The fraction of sp³-hybridized carbons (Fsp3) is 0.500. The van der Waals surface area contributed by atoms with Gasteiger partial charge >= 0.3 is 0 Å². The van der Waals surface area contributed by atoms with Crippen molar-refractivity contribution in [1.82, 2.24) is 0 Å². The first-order chi connectivity index (χ1) is 7.81. The second-order valence-electron chi connectivity index (χ2n) is 3.80. The molecular formula is C12H15ClO2S. The molecule has 2 nitrogen and oxygen atoms in total. The van der Waals surface area contributed by atoms with Crippen LogP contribution in [0.25, 0.3) is 0 Å². The molecule has 0 aromatic heterocycles. The van der Waals surface area contributed by atoms with Crippen LogP contribution in [0.2, 0.25) is 5.02 Å². The van der Waals surface area contributed by atoms with Crippen LogP contribution >= 0.6 is 23.4 Å². The molecule has 1 aromatic carbocycles. The zero-order chi connectivity index (χ0) is 11.4. The number of halogens is 1. The van der Waals surface area contributed by atoms with E-state index in [0.717, 1.165) is 36.5 Å². The molecule has 1 saturated heterocycles.